The number of halogens is 2. The van der Waals surface area contributed by atoms with Gasteiger partial charge < -0.3 is 19.7 Å². The molecule has 0 aromatic heterocycles. The molecule has 7 nitrogen and oxygen atoms in total. The Morgan fingerprint density at radius 1 is 1.17 bits per heavy atom. The molecule has 35 heavy (non-hydrogen) atoms. The van der Waals surface area contributed by atoms with Crippen molar-refractivity contribution in [2.75, 3.05) is 0 Å². The van der Waals surface area contributed by atoms with E-state index in [4.69, 9.17) is 32.7 Å². The average molecular weight is 514 g/mol. The van der Waals surface area contributed by atoms with Crippen LogP contribution in [0.15, 0.2) is 59.6 Å². The third kappa shape index (κ3) is 5.58. The first kappa shape index (κ1) is 24.6. The van der Waals surface area contributed by atoms with Gasteiger partial charge in [-0.1, -0.05) is 41.4 Å². The molecule has 3 aromatic rings. The van der Waals surface area contributed by atoms with E-state index >= 15 is 0 Å². The molecule has 1 aliphatic heterocycles. The standard InChI is InChI=1S/C26H21Cl2NO6/c1-14(6-9-23-18-4-2-3-5-19(18)25(32)35-23)34-26(33)20-8-7-17(12-22(20)30)29-13-15-10-16(27)11-21(28)24(15)31/h2-5,7-8,10-14,23,30-31H,6,9H2,1H3. The maximum Gasteiger partial charge on any atom is 0.342 e. The Morgan fingerprint density at radius 2 is 1.94 bits per heavy atom. The lowest BCUT2D eigenvalue weighted by Crippen LogP contribution is -2.16. The molecule has 2 atom stereocenters. The van der Waals surface area contributed by atoms with Gasteiger partial charge >= 0.3 is 11.9 Å². The summed E-state index contributed by atoms with van der Waals surface area (Å²) in [6, 6.07) is 14.3. The fourth-order valence-corrected chi connectivity index (χ4v) is 4.24. The van der Waals surface area contributed by atoms with Gasteiger partial charge in [0.1, 0.15) is 23.2 Å². The minimum absolute atomic E-state index is 0.0120. The minimum Gasteiger partial charge on any atom is -0.507 e. The number of hydrogen-bond acceptors (Lipinski definition) is 7. The van der Waals surface area contributed by atoms with Crippen LogP contribution in [0.5, 0.6) is 11.5 Å². The third-order valence-corrected chi connectivity index (χ3v) is 6.04. The van der Waals surface area contributed by atoms with Crippen LogP contribution in [0, 0.1) is 0 Å². The SMILES string of the molecule is CC(CCC1OC(=O)c2ccccc21)OC(=O)c1ccc(N=Cc2cc(Cl)cc(Cl)c2O)cc1O. The lowest BCUT2D eigenvalue weighted by molar-refractivity contribution is 0.0204. The molecule has 0 spiro atoms. The number of phenols is 2. The Hall–Kier alpha value is -3.55. The number of esters is 2. The van der Waals surface area contributed by atoms with Crippen LogP contribution in [0.3, 0.4) is 0 Å². The van der Waals surface area contributed by atoms with Gasteiger partial charge in [-0.2, -0.15) is 0 Å². The first-order chi connectivity index (χ1) is 16.7. The van der Waals surface area contributed by atoms with Crippen LogP contribution in [0.2, 0.25) is 10.0 Å². The van der Waals surface area contributed by atoms with Crippen molar-refractivity contribution in [3.8, 4) is 11.5 Å². The third-order valence-electron chi connectivity index (χ3n) is 5.53. The lowest BCUT2D eigenvalue weighted by atomic mass is 10.0. The monoisotopic (exact) mass is 513 g/mol. The van der Waals surface area contributed by atoms with E-state index in [9.17, 15) is 19.8 Å². The van der Waals surface area contributed by atoms with Crippen molar-refractivity contribution in [2.45, 2.75) is 32.0 Å². The van der Waals surface area contributed by atoms with Gasteiger partial charge in [0.2, 0.25) is 0 Å². The summed E-state index contributed by atoms with van der Waals surface area (Å²) in [6.45, 7) is 1.74. The highest BCUT2D eigenvalue weighted by Crippen LogP contribution is 2.34. The second-order valence-corrected chi connectivity index (χ2v) is 8.90. The Balaban J connectivity index is 1.36. The number of aliphatic imine (C=N–C) groups is 1. The Kier molecular flexibility index (Phi) is 7.28. The van der Waals surface area contributed by atoms with E-state index in [0.29, 0.717) is 34.7 Å². The topological polar surface area (TPSA) is 105 Å². The van der Waals surface area contributed by atoms with Crippen molar-refractivity contribution in [3.63, 3.8) is 0 Å². The number of cyclic esters (lactones) is 1. The Morgan fingerprint density at radius 3 is 2.71 bits per heavy atom. The minimum atomic E-state index is -0.686. The first-order valence-corrected chi connectivity index (χ1v) is 11.5. The van der Waals surface area contributed by atoms with Gasteiger partial charge in [-0.25, -0.2) is 9.59 Å². The van der Waals surface area contributed by atoms with E-state index in [1.54, 1.807) is 19.1 Å². The molecule has 0 amide bonds. The van der Waals surface area contributed by atoms with Gasteiger partial charge in [0, 0.05) is 28.4 Å². The van der Waals surface area contributed by atoms with Crippen molar-refractivity contribution < 1.29 is 29.3 Å². The number of carbonyl (C=O) groups excluding carboxylic acids is 2. The van der Waals surface area contributed by atoms with Gasteiger partial charge in [0.05, 0.1) is 22.4 Å². The number of phenolic OH excluding ortho intramolecular Hbond substituents is 2. The van der Waals surface area contributed by atoms with Gasteiger partial charge in [-0.05, 0) is 50.1 Å². The van der Waals surface area contributed by atoms with E-state index in [2.05, 4.69) is 4.99 Å². The molecule has 1 heterocycles. The smallest absolute Gasteiger partial charge is 0.342 e. The zero-order valence-corrected chi connectivity index (χ0v) is 20.1. The highest BCUT2D eigenvalue weighted by atomic mass is 35.5. The molecule has 0 aliphatic carbocycles. The molecule has 0 radical (unpaired) electrons. The molecule has 9 heteroatoms. The van der Waals surface area contributed by atoms with Crippen LogP contribution in [0.1, 0.15) is 57.7 Å². The molecule has 0 bridgehead atoms. The zero-order valence-electron chi connectivity index (χ0n) is 18.6. The number of carbonyl (C=O) groups is 2. The summed E-state index contributed by atoms with van der Waals surface area (Å²) in [5.74, 6) is -1.51. The number of fused-ring (bicyclic) bond motifs is 1. The maximum atomic E-state index is 12.6. The fourth-order valence-electron chi connectivity index (χ4n) is 3.73. The van der Waals surface area contributed by atoms with E-state index in [0.717, 1.165) is 5.56 Å². The first-order valence-electron chi connectivity index (χ1n) is 10.8. The van der Waals surface area contributed by atoms with Crippen LogP contribution < -0.4 is 0 Å². The van der Waals surface area contributed by atoms with Crippen molar-refractivity contribution in [2.24, 2.45) is 4.99 Å². The highest BCUT2D eigenvalue weighted by Gasteiger charge is 2.30. The van der Waals surface area contributed by atoms with Crippen molar-refractivity contribution >= 4 is 47.0 Å². The molecular formula is C26H21Cl2NO6. The number of rotatable bonds is 7. The molecule has 0 saturated heterocycles. The van der Waals surface area contributed by atoms with Crippen LogP contribution in [-0.4, -0.2) is 34.5 Å². The molecule has 4 rings (SSSR count). The Bertz CT molecular complexity index is 1320. The quantitative estimate of drug-likeness (QED) is 0.280. The maximum absolute atomic E-state index is 12.6. The molecule has 3 aromatic carbocycles. The summed E-state index contributed by atoms with van der Waals surface area (Å²) in [5.41, 5.74) is 2.02. The molecule has 2 N–H and O–H groups in total. The average Bonchev–Trinajstić information content (AvgIpc) is 3.14. The summed E-state index contributed by atoms with van der Waals surface area (Å²) in [7, 11) is 0. The summed E-state index contributed by atoms with van der Waals surface area (Å²) in [4.78, 5) is 28.7. The number of aromatic hydroxyl groups is 2. The van der Waals surface area contributed by atoms with Crippen LogP contribution in [0.4, 0.5) is 5.69 Å². The predicted octanol–water partition coefficient (Wildman–Crippen LogP) is 6.39. The summed E-state index contributed by atoms with van der Waals surface area (Å²) >= 11 is 11.8. The highest BCUT2D eigenvalue weighted by molar-refractivity contribution is 6.36. The fraction of sp³-hybridized carbons (Fsp3) is 0.192. The molecule has 180 valence electrons. The molecule has 2 unspecified atom stereocenters. The van der Waals surface area contributed by atoms with Gasteiger partial charge in [-0.3, -0.25) is 4.99 Å². The van der Waals surface area contributed by atoms with E-state index < -0.39 is 12.1 Å². The van der Waals surface area contributed by atoms with Crippen LogP contribution in [0.25, 0.3) is 0 Å². The lowest BCUT2D eigenvalue weighted by Gasteiger charge is -2.16. The number of benzene rings is 3. The normalized spacial score (nSPS) is 15.6. The summed E-state index contributed by atoms with van der Waals surface area (Å²) < 4.78 is 10.9. The predicted molar refractivity (Wildman–Crippen MR) is 132 cm³/mol. The number of nitrogens with zero attached hydrogens (tertiary/aromatic N) is 1. The van der Waals surface area contributed by atoms with Gasteiger partial charge in [-0.15, -0.1) is 0 Å². The van der Waals surface area contributed by atoms with Crippen molar-refractivity contribution in [1.29, 1.82) is 0 Å². The van der Waals surface area contributed by atoms with Gasteiger partial charge in [0.25, 0.3) is 0 Å². The van der Waals surface area contributed by atoms with Crippen molar-refractivity contribution in [3.05, 3.63) is 86.9 Å². The largest absolute Gasteiger partial charge is 0.507 e. The van der Waals surface area contributed by atoms with Crippen LogP contribution >= 0.6 is 23.2 Å². The molecule has 0 fully saturated rings. The second-order valence-electron chi connectivity index (χ2n) is 8.06. The Labute approximate surface area is 211 Å². The molecule has 0 saturated carbocycles. The summed E-state index contributed by atoms with van der Waals surface area (Å²) in [5, 5.41) is 20.8. The summed E-state index contributed by atoms with van der Waals surface area (Å²) in [6.07, 6.45) is 1.46. The number of hydrogen-bond donors (Lipinski definition) is 2. The van der Waals surface area contributed by atoms with Gasteiger partial charge in [0.15, 0.2) is 0 Å². The molecule has 1 aliphatic rings. The van der Waals surface area contributed by atoms with Crippen molar-refractivity contribution in [1.82, 2.24) is 0 Å². The van der Waals surface area contributed by atoms with E-state index in [1.807, 2.05) is 12.1 Å². The van der Waals surface area contributed by atoms with Crippen LogP contribution in [-0.2, 0) is 9.47 Å². The number of ether oxygens (including phenoxy) is 2. The second kappa shape index (κ2) is 10.4. The van der Waals surface area contributed by atoms with E-state index in [1.165, 1.54) is 36.5 Å². The molecular weight excluding hydrogens is 493 g/mol. The zero-order chi connectivity index (χ0) is 25.1. The van der Waals surface area contributed by atoms with E-state index in [-0.39, 0.29) is 34.2 Å².